The Hall–Kier alpha value is -1.000. The highest BCUT2D eigenvalue weighted by Crippen LogP contribution is 2.26. The van der Waals surface area contributed by atoms with Crippen molar-refractivity contribution < 1.29 is 9.84 Å². The highest BCUT2D eigenvalue weighted by atomic mass is 79.9. The average Bonchev–Trinajstić information content (AvgIpc) is 2.34. The lowest BCUT2D eigenvalue weighted by atomic mass is 9.96. The molecule has 0 heterocycles. The second-order valence-corrected chi connectivity index (χ2v) is 6.44. The lowest BCUT2D eigenvalue weighted by Crippen LogP contribution is -2.24. The summed E-state index contributed by atoms with van der Waals surface area (Å²) in [6, 6.07) is 14.9. The number of hydrogen-bond donors (Lipinski definition) is 1. The van der Waals surface area contributed by atoms with Crippen LogP contribution in [0.3, 0.4) is 0 Å². The molecule has 0 amide bonds. The van der Waals surface area contributed by atoms with Crippen molar-refractivity contribution in [3.8, 4) is 11.5 Å². The lowest BCUT2D eigenvalue weighted by molar-refractivity contribution is 0.120. The molecule has 0 radical (unpaired) electrons. The molecule has 0 bridgehead atoms. The van der Waals surface area contributed by atoms with Gasteiger partial charge in [0.05, 0.1) is 6.10 Å². The third-order valence-electron chi connectivity index (χ3n) is 2.96. The predicted molar refractivity (Wildman–Crippen MR) is 88.2 cm³/mol. The van der Waals surface area contributed by atoms with E-state index in [1.807, 2.05) is 30.3 Å². The van der Waals surface area contributed by atoms with Crippen LogP contribution in [0.15, 0.2) is 57.5 Å². The fourth-order valence-corrected chi connectivity index (χ4v) is 2.46. The number of phenols is 1. The second kappa shape index (κ2) is 7.70. The normalized spacial score (nSPS) is 13.9. The van der Waals surface area contributed by atoms with Crippen LogP contribution >= 0.6 is 31.9 Å². The first-order chi connectivity index (χ1) is 9.63. The fraction of sp³-hybridized carbons (Fsp3) is 0.250. The Morgan fingerprint density at radius 2 is 1.60 bits per heavy atom. The first-order valence-corrected chi connectivity index (χ1v) is 8.09. The summed E-state index contributed by atoms with van der Waals surface area (Å²) < 4.78 is 7.68. The van der Waals surface area contributed by atoms with Crippen LogP contribution in [0.2, 0.25) is 0 Å². The Labute approximate surface area is 136 Å². The maximum absolute atomic E-state index is 8.78. The molecule has 0 atom stereocenters. The van der Waals surface area contributed by atoms with Crippen LogP contribution in [-0.2, 0) is 0 Å². The van der Waals surface area contributed by atoms with Crippen molar-refractivity contribution in [1.82, 2.24) is 0 Å². The Kier molecular flexibility index (Phi) is 5.92. The van der Waals surface area contributed by atoms with Gasteiger partial charge in [-0.05, 0) is 55.7 Å². The van der Waals surface area contributed by atoms with Gasteiger partial charge in [-0.2, -0.15) is 0 Å². The van der Waals surface area contributed by atoms with Gasteiger partial charge in [0.1, 0.15) is 11.5 Å². The van der Waals surface area contributed by atoms with Gasteiger partial charge in [-0.15, -0.1) is 0 Å². The molecule has 1 aliphatic carbocycles. The van der Waals surface area contributed by atoms with E-state index in [0.29, 0.717) is 11.9 Å². The van der Waals surface area contributed by atoms with Gasteiger partial charge >= 0.3 is 0 Å². The van der Waals surface area contributed by atoms with Gasteiger partial charge in [0, 0.05) is 8.95 Å². The summed E-state index contributed by atoms with van der Waals surface area (Å²) in [5.41, 5.74) is 0. The van der Waals surface area contributed by atoms with Crippen molar-refractivity contribution in [3.63, 3.8) is 0 Å². The number of hydrogen-bond acceptors (Lipinski definition) is 2. The first kappa shape index (κ1) is 15.4. The molecule has 0 saturated heterocycles. The molecule has 2 nitrogen and oxygen atoms in total. The van der Waals surface area contributed by atoms with Crippen LogP contribution < -0.4 is 4.74 Å². The molecule has 0 spiro atoms. The quantitative estimate of drug-likeness (QED) is 0.718. The van der Waals surface area contributed by atoms with Gasteiger partial charge in [-0.25, -0.2) is 0 Å². The summed E-state index contributed by atoms with van der Waals surface area (Å²) in [7, 11) is 0. The van der Waals surface area contributed by atoms with Crippen molar-refractivity contribution in [1.29, 1.82) is 0 Å². The monoisotopic (exact) mass is 398 g/mol. The molecule has 20 heavy (non-hydrogen) atoms. The topological polar surface area (TPSA) is 29.5 Å². The summed E-state index contributed by atoms with van der Waals surface area (Å²) in [6.45, 7) is 0. The van der Waals surface area contributed by atoms with E-state index < -0.39 is 0 Å². The fourth-order valence-electron chi connectivity index (χ4n) is 1.70. The Bertz CT molecular complexity index is 536. The standard InChI is InChI=1S/C10H11BrO.C6H5BrO/c11-8-3-1-6-10(7-8)12-9-4-2-5-9;7-5-2-1-3-6(8)4-5/h1,3,6-7,9H,2,4-5H2;1-4,8H. The lowest BCUT2D eigenvalue weighted by Gasteiger charge is -2.26. The van der Waals surface area contributed by atoms with Gasteiger partial charge in [0.2, 0.25) is 0 Å². The van der Waals surface area contributed by atoms with E-state index in [2.05, 4.69) is 31.9 Å². The van der Waals surface area contributed by atoms with Gasteiger partial charge in [-0.1, -0.05) is 44.0 Å². The molecular formula is C16H16Br2O2. The van der Waals surface area contributed by atoms with Crippen LogP contribution in [0.25, 0.3) is 0 Å². The summed E-state index contributed by atoms with van der Waals surface area (Å²) in [4.78, 5) is 0. The molecule has 4 heteroatoms. The predicted octanol–water partition coefficient (Wildman–Crippen LogP) is 5.54. The molecule has 2 aromatic carbocycles. The van der Waals surface area contributed by atoms with Crippen LogP contribution in [0.5, 0.6) is 11.5 Å². The van der Waals surface area contributed by atoms with Crippen LogP contribution in [-0.4, -0.2) is 11.2 Å². The van der Waals surface area contributed by atoms with E-state index in [1.165, 1.54) is 19.3 Å². The molecule has 106 valence electrons. The van der Waals surface area contributed by atoms with E-state index in [9.17, 15) is 0 Å². The summed E-state index contributed by atoms with van der Waals surface area (Å²) in [6.07, 6.45) is 4.22. The number of halogens is 2. The minimum absolute atomic E-state index is 0.291. The van der Waals surface area contributed by atoms with Crippen molar-refractivity contribution in [2.45, 2.75) is 25.4 Å². The third-order valence-corrected chi connectivity index (χ3v) is 3.95. The van der Waals surface area contributed by atoms with Crippen LogP contribution in [0.1, 0.15) is 19.3 Å². The second-order valence-electron chi connectivity index (χ2n) is 4.61. The Morgan fingerprint density at radius 3 is 2.05 bits per heavy atom. The molecule has 1 fully saturated rings. The molecule has 1 saturated carbocycles. The van der Waals surface area contributed by atoms with E-state index in [0.717, 1.165) is 14.7 Å². The largest absolute Gasteiger partial charge is 0.508 e. The van der Waals surface area contributed by atoms with E-state index in [4.69, 9.17) is 9.84 Å². The average molecular weight is 400 g/mol. The minimum Gasteiger partial charge on any atom is -0.508 e. The maximum atomic E-state index is 8.78. The molecule has 2 aromatic rings. The molecule has 3 rings (SSSR count). The van der Waals surface area contributed by atoms with Crippen molar-refractivity contribution in [2.75, 3.05) is 0 Å². The van der Waals surface area contributed by atoms with Crippen LogP contribution in [0.4, 0.5) is 0 Å². The van der Waals surface area contributed by atoms with Gasteiger partial charge < -0.3 is 9.84 Å². The number of phenolic OH excluding ortho intramolecular Hbond substituents is 1. The SMILES string of the molecule is Brc1cccc(OC2CCC2)c1.Oc1cccc(Br)c1. The molecule has 1 N–H and O–H groups in total. The molecule has 1 aliphatic rings. The zero-order valence-electron chi connectivity index (χ0n) is 10.9. The Balaban J connectivity index is 0.000000160. The number of aromatic hydroxyl groups is 1. The first-order valence-electron chi connectivity index (χ1n) is 6.50. The smallest absolute Gasteiger partial charge is 0.120 e. The zero-order chi connectivity index (χ0) is 14.4. The third kappa shape index (κ3) is 5.17. The van der Waals surface area contributed by atoms with Gasteiger partial charge in [-0.3, -0.25) is 0 Å². The zero-order valence-corrected chi connectivity index (χ0v) is 14.1. The van der Waals surface area contributed by atoms with E-state index in [1.54, 1.807) is 18.2 Å². The minimum atomic E-state index is 0.291. The number of benzene rings is 2. The summed E-state index contributed by atoms with van der Waals surface area (Å²) in [5, 5.41) is 8.78. The van der Waals surface area contributed by atoms with Crippen molar-refractivity contribution >= 4 is 31.9 Å². The van der Waals surface area contributed by atoms with Crippen LogP contribution in [0, 0.1) is 0 Å². The summed E-state index contributed by atoms with van der Waals surface area (Å²) in [5.74, 6) is 1.27. The van der Waals surface area contributed by atoms with Crippen molar-refractivity contribution in [3.05, 3.63) is 57.5 Å². The highest BCUT2D eigenvalue weighted by molar-refractivity contribution is 9.10. The molecular weight excluding hydrogens is 384 g/mol. The highest BCUT2D eigenvalue weighted by Gasteiger charge is 2.18. The van der Waals surface area contributed by atoms with Gasteiger partial charge in [0.15, 0.2) is 0 Å². The van der Waals surface area contributed by atoms with E-state index >= 15 is 0 Å². The summed E-state index contributed by atoms with van der Waals surface area (Å²) >= 11 is 6.61. The Morgan fingerprint density at radius 1 is 0.950 bits per heavy atom. The van der Waals surface area contributed by atoms with Crippen molar-refractivity contribution in [2.24, 2.45) is 0 Å². The van der Waals surface area contributed by atoms with Gasteiger partial charge in [0.25, 0.3) is 0 Å². The molecule has 0 unspecified atom stereocenters. The molecule has 0 aliphatic heterocycles. The molecule has 0 aromatic heterocycles. The number of ether oxygens (including phenoxy) is 1. The number of rotatable bonds is 2. The van der Waals surface area contributed by atoms with E-state index in [-0.39, 0.29) is 0 Å². The maximum Gasteiger partial charge on any atom is 0.120 e.